The van der Waals surface area contributed by atoms with Crippen LogP contribution in [-0.2, 0) is 10.0 Å². The van der Waals surface area contributed by atoms with Gasteiger partial charge >= 0.3 is 0 Å². The molecule has 8 heteroatoms. The number of rotatable bonds is 3. The number of sulfonamides is 1. The molecule has 0 unspecified atom stereocenters. The number of benzene rings is 2. The first-order valence-corrected chi connectivity index (χ1v) is 9.30. The molecule has 0 bridgehead atoms. The van der Waals surface area contributed by atoms with Gasteiger partial charge in [-0.15, -0.1) is 0 Å². The van der Waals surface area contributed by atoms with Crippen LogP contribution in [0.5, 0.6) is 0 Å². The van der Waals surface area contributed by atoms with Crippen molar-refractivity contribution in [2.45, 2.75) is 4.90 Å². The van der Waals surface area contributed by atoms with Crippen LogP contribution in [0.4, 0.5) is 5.82 Å². The number of nitrogen functional groups attached to an aromatic ring is 1. The maximum atomic E-state index is 11.5. The van der Waals surface area contributed by atoms with Gasteiger partial charge < -0.3 is 10.3 Å². The molecule has 0 atom stereocenters. The van der Waals surface area contributed by atoms with Crippen molar-refractivity contribution in [1.82, 2.24) is 14.5 Å². The summed E-state index contributed by atoms with van der Waals surface area (Å²) in [4.78, 5) is 8.52. The molecule has 2 heterocycles. The standard InChI is InChI=1S/C18H15N5O2S/c19-17-16-15(12-4-2-1-3-5-12)10-23(18(16)22-11-21-17)13-6-8-14(9-7-13)26(20,24)25/h1-11H,(H2,19,21,22)(H2,20,24,25). The van der Waals surface area contributed by atoms with E-state index in [9.17, 15) is 8.42 Å². The molecular weight excluding hydrogens is 350 g/mol. The van der Waals surface area contributed by atoms with E-state index in [1.165, 1.54) is 18.5 Å². The molecule has 0 spiro atoms. The Bertz CT molecular complexity index is 1200. The Hall–Kier alpha value is -3.23. The van der Waals surface area contributed by atoms with Gasteiger partial charge in [0.15, 0.2) is 5.65 Å². The van der Waals surface area contributed by atoms with Crippen molar-refractivity contribution in [2.75, 3.05) is 5.73 Å². The lowest BCUT2D eigenvalue weighted by molar-refractivity contribution is 0.598. The number of aromatic nitrogens is 3. The van der Waals surface area contributed by atoms with Gasteiger partial charge in [-0.3, -0.25) is 0 Å². The van der Waals surface area contributed by atoms with Crippen LogP contribution in [0.15, 0.2) is 72.0 Å². The van der Waals surface area contributed by atoms with Crippen LogP contribution >= 0.6 is 0 Å². The molecule has 4 aromatic rings. The molecule has 0 aliphatic rings. The van der Waals surface area contributed by atoms with Gasteiger partial charge in [-0.1, -0.05) is 30.3 Å². The van der Waals surface area contributed by atoms with E-state index in [4.69, 9.17) is 10.9 Å². The molecular formula is C18H15N5O2S. The highest BCUT2D eigenvalue weighted by Gasteiger charge is 2.16. The zero-order chi connectivity index (χ0) is 18.3. The Morgan fingerprint density at radius 2 is 1.62 bits per heavy atom. The Morgan fingerprint density at radius 3 is 2.27 bits per heavy atom. The van der Waals surface area contributed by atoms with Gasteiger partial charge in [0.05, 0.1) is 10.3 Å². The third-order valence-electron chi connectivity index (χ3n) is 4.14. The van der Waals surface area contributed by atoms with Gasteiger partial charge in [-0.25, -0.2) is 23.5 Å². The Balaban J connectivity index is 1.96. The first-order valence-electron chi connectivity index (χ1n) is 7.75. The third-order valence-corrected chi connectivity index (χ3v) is 5.07. The van der Waals surface area contributed by atoms with E-state index in [2.05, 4.69) is 9.97 Å². The topological polar surface area (TPSA) is 117 Å². The quantitative estimate of drug-likeness (QED) is 0.578. The van der Waals surface area contributed by atoms with Gasteiger partial charge in [0.25, 0.3) is 0 Å². The summed E-state index contributed by atoms with van der Waals surface area (Å²) in [5, 5.41) is 5.91. The van der Waals surface area contributed by atoms with Crippen molar-refractivity contribution < 1.29 is 8.42 Å². The van der Waals surface area contributed by atoms with Gasteiger partial charge in [-0.05, 0) is 29.8 Å². The SMILES string of the molecule is Nc1ncnc2c1c(-c1ccccc1)cn2-c1ccc(S(N)(=O)=O)cc1. The van der Waals surface area contributed by atoms with E-state index < -0.39 is 10.0 Å². The fraction of sp³-hybridized carbons (Fsp3) is 0. The summed E-state index contributed by atoms with van der Waals surface area (Å²) < 4.78 is 24.8. The fourth-order valence-corrected chi connectivity index (χ4v) is 3.43. The second-order valence-electron chi connectivity index (χ2n) is 5.78. The van der Waals surface area contributed by atoms with Gasteiger partial charge in [0, 0.05) is 17.4 Å². The second kappa shape index (κ2) is 5.94. The van der Waals surface area contributed by atoms with E-state index >= 15 is 0 Å². The van der Waals surface area contributed by atoms with Crippen molar-refractivity contribution in [3.05, 3.63) is 67.1 Å². The Kier molecular flexibility index (Phi) is 3.71. The van der Waals surface area contributed by atoms with Crippen molar-refractivity contribution in [2.24, 2.45) is 5.14 Å². The molecule has 4 rings (SSSR count). The summed E-state index contributed by atoms with van der Waals surface area (Å²) in [5.74, 6) is 0.383. The van der Waals surface area contributed by atoms with Crippen molar-refractivity contribution in [1.29, 1.82) is 0 Å². The zero-order valence-electron chi connectivity index (χ0n) is 13.6. The number of hydrogen-bond donors (Lipinski definition) is 2. The number of fused-ring (bicyclic) bond motifs is 1. The normalized spacial score (nSPS) is 11.7. The van der Waals surface area contributed by atoms with Crippen molar-refractivity contribution in [3.8, 4) is 16.8 Å². The highest BCUT2D eigenvalue weighted by Crippen LogP contribution is 2.34. The molecule has 2 aromatic heterocycles. The summed E-state index contributed by atoms with van der Waals surface area (Å²) in [6.45, 7) is 0. The van der Waals surface area contributed by atoms with Crippen molar-refractivity contribution in [3.63, 3.8) is 0 Å². The summed E-state index contributed by atoms with van der Waals surface area (Å²) in [6, 6.07) is 16.1. The van der Waals surface area contributed by atoms with Crippen LogP contribution < -0.4 is 10.9 Å². The van der Waals surface area contributed by atoms with Gasteiger partial charge in [-0.2, -0.15) is 0 Å². The maximum Gasteiger partial charge on any atom is 0.238 e. The van der Waals surface area contributed by atoms with Crippen LogP contribution in [0.3, 0.4) is 0 Å². The van der Waals surface area contributed by atoms with Crippen LogP contribution in [0.25, 0.3) is 27.8 Å². The average Bonchev–Trinajstić information content (AvgIpc) is 3.03. The summed E-state index contributed by atoms with van der Waals surface area (Å²) in [6.07, 6.45) is 3.32. The molecule has 0 saturated heterocycles. The lowest BCUT2D eigenvalue weighted by atomic mass is 10.1. The van der Waals surface area contributed by atoms with E-state index in [1.54, 1.807) is 12.1 Å². The number of nitrogens with zero attached hydrogens (tertiary/aromatic N) is 3. The molecule has 0 aliphatic heterocycles. The lowest BCUT2D eigenvalue weighted by Gasteiger charge is -2.05. The molecule has 0 radical (unpaired) electrons. The third kappa shape index (κ3) is 2.71. The van der Waals surface area contributed by atoms with Crippen LogP contribution in [0, 0.1) is 0 Å². The van der Waals surface area contributed by atoms with E-state index in [0.29, 0.717) is 11.5 Å². The molecule has 0 amide bonds. The van der Waals surface area contributed by atoms with E-state index in [1.807, 2.05) is 41.1 Å². The predicted octanol–water partition coefficient (Wildman–Crippen LogP) is 2.32. The fourth-order valence-electron chi connectivity index (χ4n) is 2.92. The molecule has 0 aliphatic carbocycles. The second-order valence-corrected chi connectivity index (χ2v) is 7.34. The van der Waals surface area contributed by atoms with Crippen LogP contribution in [0.2, 0.25) is 0 Å². The molecule has 2 aromatic carbocycles. The predicted molar refractivity (Wildman–Crippen MR) is 100 cm³/mol. The Morgan fingerprint density at radius 1 is 0.923 bits per heavy atom. The molecule has 0 saturated carbocycles. The highest BCUT2D eigenvalue weighted by molar-refractivity contribution is 7.89. The first-order chi connectivity index (χ1) is 12.4. The summed E-state index contributed by atoms with van der Waals surface area (Å²) in [7, 11) is -3.74. The molecule has 0 fully saturated rings. The zero-order valence-corrected chi connectivity index (χ0v) is 14.4. The van der Waals surface area contributed by atoms with E-state index in [-0.39, 0.29) is 4.90 Å². The minimum atomic E-state index is -3.74. The minimum Gasteiger partial charge on any atom is -0.383 e. The number of anilines is 1. The molecule has 7 nitrogen and oxygen atoms in total. The summed E-state index contributed by atoms with van der Waals surface area (Å²) in [5.41, 5.74) is 9.37. The molecule has 130 valence electrons. The minimum absolute atomic E-state index is 0.0511. The van der Waals surface area contributed by atoms with E-state index in [0.717, 1.165) is 22.2 Å². The molecule has 26 heavy (non-hydrogen) atoms. The summed E-state index contributed by atoms with van der Waals surface area (Å²) >= 11 is 0. The van der Waals surface area contributed by atoms with Crippen LogP contribution in [0.1, 0.15) is 0 Å². The van der Waals surface area contributed by atoms with Gasteiger partial charge in [0.1, 0.15) is 12.1 Å². The smallest absolute Gasteiger partial charge is 0.238 e. The Labute approximate surface area is 150 Å². The van der Waals surface area contributed by atoms with Crippen molar-refractivity contribution >= 4 is 26.9 Å². The largest absolute Gasteiger partial charge is 0.383 e. The van der Waals surface area contributed by atoms with Crippen LogP contribution in [-0.4, -0.2) is 23.0 Å². The highest BCUT2D eigenvalue weighted by atomic mass is 32.2. The number of nitrogens with two attached hydrogens (primary N) is 2. The monoisotopic (exact) mass is 365 g/mol. The number of primary sulfonamides is 1. The first kappa shape index (κ1) is 16.2. The number of hydrogen-bond acceptors (Lipinski definition) is 5. The average molecular weight is 365 g/mol. The lowest BCUT2D eigenvalue weighted by Crippen LogP contribution is -2.12. The molecule has 4 N–H and O–H groups in total. The van der Waals surface area contributed by atoms with Gasteiger partial charge in [0.2, 0.25) is 10.0 Å². The maximum absolute atomic E-state index is 11.5.